The summed E-state index contributed by atoms with van der Waals surface area (Å²) >= 11 is 0. The van der Waals surface area contributed by atoms with E-state index in [2.05, 4.69) is 24.3 Å². The summed E-state index contributed by atoms with van der Waals surface area (Å²) in [5.74, 6) is 0.244. The molecule has 1 aliphatic carbocycles. The molecule has 0 saturated heterocycles. The third kappa shape index (κ3) is 4.86. The first-order valence-corrected chi connectivity index (χ1v) is 7.96. The Bertz CT molecular complexity index is 532. The summed E-state index contributed by atoms with van der Waals surface area (Å²) in [7, 11) is 0. The van der Waals surface area contributed by atoms with Gasteiger partial charge in [-0.1, -0.05) is 61.5 Å². The van der Waals surface area contributed by atoms with Gasteiger partial charge in [0.05, 0.1) is 0 Å². The highest BCUT2D eigenvalue weighted by Crippen LogP contribution is 2.19. The minimum atomic E-state index is 0.244. The van der Waals surface area contributed by atoms with E-state index < -0.39 is 0 Å². The Labute approximate surface area is 128 Å². The predicted molar refractivity (Wildman–Crippen MR) is 88.8 cm³/mol. The molecule has 0 aromatic heterocycles. The van der Waals surface area contributed by atoms with Crippen molar-refractivity contribution >= 4 is 5.78 Å². The average molecular weight is 280 g/mol. The SMILES string of the molecule is CCCC(=O)c1ccccc1.c1ccc2c(c1)CCCC2. The molecular weight excluding hydrogens is 256 g/mol. The second-order valence-corrected chi connectivity index (χ2v) is 5.52. The van der Waals surface area contributed by atoms with E-state index in [0.29, 0.717) is 6.42 Å². The monoisotopic (exact) mass is 280 g/mol. The van der Waals surface area contributed by atoms with Crippen molar-refractivity contribution in [3.63, 3.8) is 0 Å². The second-order valence-electron chi connectivity index (χ2n) is 5.52. The van der Waals surface area contributed by atoms with Crippen LogP contribution in [-0.4, -0.2) is 5.78 Å². The molecule has 0 heterocycles. The number of rotatable bonds is 3. The van der Waals surface area contributed by atoms with Gasteiger partial charge in [0.15, 0.2) is 5.78 Å². The summed E-state index contributed by atoms with van der Waals surface area (Å²) in [5.41, 5.74) is 3.98. The van der Waals surface area contributed by atoms with Crippen LogP contribution in [0.2, 0.25) is 0 Å². The van der Waals surface area contributed by atoms with Crippen LogP contribution in [0.1, 0.15) is 54.1 Å². The Balaban J connectivity index is 0.000000154. The summed E-state index contributed by atoms with van der Waals surface area (Å²) in [6.45, 7) is 2.01. The fourth-order valence-corrected chi connectivity index (χ4v) is 2.67. The number of benzene rings is 2. The Morgan fingerprint density at radius 3 is 1.90 bits per heavy atom. The van der Waals surface area contributed by atoms with Crippen molar-refractivity contribution in [2.24, 2.45) is 0 Å². The largest absolute Gasteiger partial charge is 0.294 e. The van der Waals surface area contributed by atoms with Crippen molar-refractivity contribution in [1.29, 1.82) is 0 Å². The van der Waals surface area contributed by atoms with Crippen LogP contribution in [0.5, 0.6) is 0 Å². The summed E-state index contributed by atoms with van der Waals surface area (Å²) in [5, 5.41) is 0. The van der Waals surface area contributed by atoms with Crippen LogP contribution in [0.4, 0.5) is 0 Å². The Morgan fingerprint density at radius 1 is 0.857 bits per heavy atom. The van der Waals surface area contributed by atoms with Crippen LogP contribution in [0.25, 0.3) is 0 Å². The van der Waals surface area contributed by atoms with Gasteiger partial charge in [-0.25, -0.2) is 0 Å². The molecule has 0 unspecified atom stereocenters. The van der Waals surface area contributed by atoms with Gasteiger partial charge in [-0.15, -0.1) is 0 Å². The Hall–Kier alpha value is -1.89. The lowest BCUT2D eigenvalue weighted by molar-refractivity contribution is 0.0982. The molecule has 0 N–H and O–H groups in total. The van der Waals surface area contributed by atoms with Gasteiger partial charge >= 0.3 is 0 Å². The highest BCUT2D eigenvalue weighted by Gasteiger charge is 2.06. The molecule has 2 aromatic rings. The molecule has 0 fully saturated rings. The topological polar surface area (TPSA) is 17.1 Å². The number of fused-ring (bicyclic) bond motifs is 1. The summed E-state index contributed by atoms with van der Waals surface area (Å²) < 4.78 is 0. The lowest BCUT2D eigenvalue weighted by atomic mass is 9.92. The van der Waals surface area contributed by atoms with Crippen LogP contribution in [0.15, 0.2) is 54.6 Å². The molecule has 2 aromatic carbocycles. The first-order valence-electron chi connectivity index (χ1n) is 7.96. The standard InChI is InChI=1S/C10H12O.C10H12/c1-2-6-10(11)9-7-4-3-5-8-9;1-2-6-10-8-4-3-7-9(10)5-1/h3-5,7-8H,2,6H2,1H3;1-2,5-6H,3-4,7-8H2. The van der Waals surface area contributed by atoms with Gasteiger partial charge in [0.2, 0.25) is 0 Å². The third-order valence-electron chi connectivity index (χ3n) is 3.83. The lowest BCUT2D eigenvalue weighted by Gasteiger charge is -2.13. The number of hydrogen-bond acceptors (Lipinski definition) is 1. The molecule has 0 radical (unpaired) electrons. The van der Waals surface area contributed by atoms with Gasteiger partial charge in [-0.2, -0.15) is 0 Å². The van der Waals surface area contributed by atoms with Gasteiger partial charge in [0.1, 0.15) is 0 Å². The molecule has 3 rings (SSSR count). The van der Waals surface area contributed by atoms with Gasteiger partial charge in [0, 0.05) is 12.0 Å². The highest BCUT2D eigenvalue weighted by molar-refractivity contribution is 5.95. The Kier molecular flexibility index (Phi) is 6.21. The zero-order valence-electron chi connectivity index (χ0n) is 12.8. The van der Waals surface area contributed by atoms with Crippen LogP contribution in [0.3, 0.4) is 0 Å². The van der Waals surface area contributed by atoms with E-state index in [0.717, 1.165) is 12.0 Å². The normalized spacial score (nSPS) is 12.8. The van der Waals surface area contributed by atoms with Gasteiger partial charge in [-0.05, 0) is 43.2 Å². The van der Waals surface area contributed by atoms with Gasteiger partial charge in [-0.3, -0.25) is 4.79 Å². The highest BCUT2D eigenvalue weighted by atomic mass is 16.1. The van der Waals surface area contributed by atoms with E-state index in [4.69, 9.17) is 0 Å². The smallest absolute Gasteiger partial charge is 0.162 e. The minimum absolute atomic E-state index is 0.244. The van der Waals surface area contributed by atoms with Crippen molar-refractivity contribution in [3.8, 4) is 0 Å². The maximum atomic E-state index is 11.2. The molecule has 1 aliphatic rings. The number of Topliss-reactive ketones (excluding diaryl/α,β-unsaturated/α-hetero) is 1. The molecule has 21 heavy (non-hydrogen) atoms. The molecule has 0 spiro atoms. The zero-order chi connectivity index (χ0) is 14.9. The molecule has 0 amide bonds. The van der Waals surface area contributed by atoms with Crippen LogP contribution < -0.4 is 0 Å². The molecule has 1 heteroatoms. The molecule has 0 aliphatic heterocycles. The summed E-state index contributed by atoms with van der Waals surface area (Å²) in [6.07, 6.45) is 6.96. The van der Waals surface area contributed by atoms with E-state index in [1.165, 1.54) is 25.7 Å². The van der Waals surface area contributed by atoms with Crippen LogP contribution in [0, 0.1) is 0 Å². The van der Waals surface area contributed by atoms with Crippen LogP contribution in [-0.2, 0) is 12.8 Å². The summed E-state index contributed by atoms with van der Waals surface area (Å²) in [6, 6.07) is 18.2. The number of aryl methyl sites for hydroxylation is 2. The van der Waals surface area contributed by atoms with E-state index in [-0.39, 0.29) is 5.78 Å². The van der Waals surface area contributed by atoms with E-state index in [1.54, 1.807) is 11.1 Å². The van der Waals surface area contributed by atoms with E-state index >= 15 is 0 Å². The zero-order valence-corrected chi connectivity index (χ0v) is 12.8. The first kappa shape index (κ1) is 15.5. The minimum Gasteiger partial charge on any atom is -0.294 e. The molecule has 110 valence electrons. The molecule has 0 atom stereocenters. The van der Waals surface area contributed by atoms with Gasteiger partial charge < -0.3 is 0 Å². The number of carbonyl (C=O) groups is 1. The maximum absolute atomic E-state index is 11.2. The van der Waals surface area contributed by atoms with Crippen molar-refractivity contribution in [2.75, 3.05) is 0 Å². The van der Waals surface area contributed by atoms with E-state index in [1.807, 2.05) is 37.3 Å². The first-order chi connectivity index (χ1) is 10.3. The lowest BCUT2D eigenvalue weighted by Crippen LogP contribution is -2.00. The number of ketones is 1. The van der Waals surface area contributed by atoms with E-state index in [9.17, 15) is 4.79 Å². The predicted octanol–water partition coefficient (Wildman–Crippen LogP) is 5.23. The molecular formula is C20H24O. The van der Waals surface area contributed by atoms with Gasteiger partial charge in [0.25, 0.3) is 0 Å². The van der Waals surface area contributed by atoms with Crippen molar-refractivity contribution < 1.29 is 4.79 Å². The molecule has 0 bridgehead atoms. The quantitative estimate of drug-likeness (QED) is 0.703. The third-order valence-corrected chi connectivity index (χ3v) is 3.83. The molecule has 0 saturated carbocycles. The average Bonchev–Trinajstić information content (AvgIpc) is 2.57. The van der Waals surface area contributed by atoms with Crippen molar-refractivity contribution in [1.82, 2.24) is 0 Å². The fraction of sp³-hybridized carbons (Fsp3) is 0.350. The second kappa shape index (κ2) is 8.41. The Morgan fingerprint density at radius 2 is 1.38 bits per heavy atom. The van der Waals surface area contributed by atoms with Crippen LogP contribution >= 0.6 is 0 Å². The maximum Gasteiger partial charge on any atom is 0.162 e. The molecule has 1 nitrogen and oxygen atoms in total. The summed E-state index contributed by atoms with van der Waals surface area (Å²) in [4.78, 5) is 11.2. The van der Waals surface area contributed by atoms with Crippen molar-refractivity contribution in [2.45, 2.75) is 45.4 Å². The fourth-order valence-electron chi connectivity index (χ4n) is 2.67. The number of carbonyl (C=O) groups excluding carboxylic acids is 1. The van der Waals surface area contributed by atoms with Crippen molar-refractivity contribution in [3.05, 3.63) is 71.3 Å². The number of hydrogen-bond donors (Lipinski definition) is 0.